The maximum atomic E-state index is 2.44. The molecule has 3 unspecified atom stereocenters. The molecule has 0 fully saturated rings. The lowest BCUT2D eigenvalue weighted by Crippen LogP contribution is -2.10. The molecule has 0 aromatic rings. The summed E-state index contributed by atoms with van der Waals surface area (Å²) < 4.78 is 0. The van der Waals surface area contributed by atoms with Crippen molar-refractivity contribution in [3.05, 3.63) is 82.5 Å². The average Bonchev–Trinajstić information content (AvgIpc) is 2.87. The van der Waals surface area contributed by atoms with E-state index >= 15 is 0 Å². The third-order valence-electron chi connectivity index (χ3n) is 8.47. The molecule has 0 saturated heterocycles. The van der Waals surface area contributed by atoms with Gasteiger partial charge in [0.25, 0.3) is 0 Å². The minimum atomic E-state index is 0.577. The lowest BCUT2D eigenvalue weighted by molar-refractivity contribution is 0.302. The fraction of sp³-hybridized carbons (Fsp3) is 0.600. The van der Waals surface area contributed by atoms with Gasteiger partial charge >= 0.3 is 0 Å². The first-order chi connectivity index (χ1) is 16.8. The molecule has 2 rings (SSSR count). The van der Waals surface area contributed by atoms with Gasteiger partial charge in [0.1, 0.15) is 0 Å². The van der Waals surface area contributed by atoms with E-state index in [-0.39, 0.29) is 0 Å². The van der Waals surface area contributed by atoms with Crippen LogP contribution in [0.2, 0.25) is 0 Å². The Bertz CT molecular complexity index is 848. The van der Waals surface area contributed by atoms with Crippen LogP contribution in [0.15, 0.2) is 82.5 Å². The van der Waals surface area contributed by atoms with Crippen molar-refractivity contribution in [2.24, 2.45) is 23.7 Å². The predicted molar refractivity (Wildman–Crippen MR) is 159 cm³/mol. The van der Waals surface area contributed by atoms with Crippen LogP contribution in [0.1, 0.15) is 113 Å². The molecule has 194 valence electrons. The Hall–Kier alpha value is -1.82. The Balaban J connectivity index is 1.75. The molecule has 0 radical (unpaired) electrons. The molecule has 0 heterocycles. The maximum absolute atomic E-state index is 2.44. The van der Waals surface area contributed by atoms with Crippen LogP contribution in [0.25, 0.3) is 0 Å². The molecular weight excluding hydrogens is 420 g/mol. The Morgan fingerprint density at radius 1 is 1.06 bits per heavy atom. The topological polar surface area (TPSA) is 0 Å². The lowest BCUT2D eigenvalue weighted by Gasteiger charge is -2.21. The molecule has 0 saturated carbocycles. The lowest BCUT2D eigenvalue weighted by atomic mass is 9.84. The molecule has 3 atom stereocenters. The number of allylic oxidation sites excluding steroid dienone is 14. The highest BCUT2D eigenvalue weighted by atomic mass is 14.2. The first-order valence-electron chi connectivity index (χ1n) is 14.6. The predicted octanol–water partition coefficient (Wildman–Crippen LogP) is 11.3. The van der Waals surface area contributed by atoms with Gasteiger partial charge in [0.15, 0.2) is 0 Å². The van der Waals surface area contributed by atoms with Crippen molar-refractivity contribution in [3.8, 4) is 0 Å². The van der Waals surface area contributed by atoms with Crippen molar-refractivity contribution in [2.45, 2.75) is 113 Å². The first-order valence-corrected chi connectivity index (χ1v) is 14.6. The van der Waals surface area contributed by atoms with Gasteiger partial charge in [0.2, 0.25) is 0 Å². The Morgan fingerprint density at radius 2 is 1.83 bits per heavy atom. The number of hydrogen-bond acceptors (Lipinski definition) is 0. The minimum absolute atomic E-state index is 0.577. The standard InChI is InChI=1S/C35H54/c1-8-15-32-18-20-34(21-19-32)35-24-22-33(23-25-35)30(7)28(5)16-13-11-10-12-14-17-31(9-2)26-29(6)27(3)4/h8,10,12,15,18,20-22,24,27,29,31-32H,9,11,13-14,16-17,19,23,25-26H2,1-7H3/b12-10+,15-8+,30-28-. The molecule has 0 aliphatic heterocycles. The van der Waals surface area contributed by atoms with E-state index in [1.165, 1.54) is 80.1 Å². The van der Waals surface area contributed by atoms with Gasteiger partial charge in [-0.05, 0) is 125 Å². The Labute approximate surface area is 218 Å². The molecule has 0 N–H and O–H groups in total. The second kappa shape index (κ2) is 16.0. The number of rotatable bonds is 14. The summed E-state index contributed by atoms with van der Waals surface area (Å²) in [7, 11) is 0. The molecule has 0 aromatic heterocycles. The zero-order chi connectivity index (χ0) is 25.6. The highest BCUT2D eigenvalue weighted by molar-refractivity contribution is 5.49. The van der Waals surface area contributed by atoms with Gasteiger partial charge < -0.3 is 0 Å². The fourth-order valence-electron chi connectivity index (χ4n) is 5.26. The third kappa shape index (κ3) is 10.4. The molecule has 0 heteroatoms. The maximum Gasteiger partial charge on any atom is -0.00154 e. The second-order valence-corrected chi connectivity index (χ2v) is 11.4. The number of hydrogen-bond donors (Lipinski definition) is 0. The summed E-state index contributed by atoms with van der Waals surface area (Å²) in [4.78, 5) is 0. The quantitative estimate of drug-likeness (QED) is 0.173. The minimum Gasteiger partial charge on any atom is -0.0911 e. The van der Waals surface area contributed by atoms with Gasteiger partial charge in [-0.1, -0.05) is 94.4 Å². The van der Waals surface area contributed by atoms with Crippen LogP contribution in [-0.4, -0.2) is 0 Å². The van der Waals surface area contributed by atoms with Crippen LogP contribution in [-0.2, 0) is 0 Å². The number of unbranched alkanes of at least 4 members (excludes halogenated alkanes) is 1. The highest BCUT2D eigenvalue weighted by Gasteiger charge is 2.15. The van der Waals surface area contributed by atoms with Gasteiger partial charge in [-0.25, -0.2) is 0 Å². The van der Waals surface area contributed by atoms with E-state index < -0.39 is 0 Å². The van der Waals surface area contributed by atoms with Crippen molar-refractivity contribution in [1.82, 2.24) is 0 Å². The van der Waals surface area contributed by atoms with Gasteiger partial charge in [0.05, 0.1) is 0 Å². The summed E-state index contributed by atoms with van der Waals surface area (Å²) in [6, 6.07) is 0. The third-order valence-corrected chi connectivity index (χ3v) is 8.47. The monoisotopic (exact) mass is 474 g/mol. The zero-order valence-corrected chi connectivity index (χ0v) is 24.1. The summed E-state index contributed by atoms with van der Waals surface area (Å²) in [5.74, 6) is 3.13. The average molecular weight is 475 g/mol. The smallest absolute Gasteiger partial charge is 0.00154 e. The van der Waals surface area contributed by atoms with E-state index in [1.807, 2.05) is 0 Å². The normalized spacial score (nSPS) is 21.3. The van der Waals surface area contributed by atoms with E-state index in [9.17, 15) is 0 Å². The van der Waals surface area contributed by atoms with Crippen molar-refractivity contribution in [2.75, 3.05) is 0 Å². The molecule has 0 nitrogen and oxygen atoms in total. The molecule has 35 heavy (non-hydrogen) atoms. The van der Waals surface area contributed by atoms with Crippen molar-refractivity contribution in [1.29, 1.82) is 0 Å². The van der Waals surface area contributed by atoms with Gasteiger partial charge in [0, 0.05) is 0 Å². The largest absolute Gasteiger partial charge is 0.0911 e. The summed E-state index contributed by atoms with van der Waals surface area (Å²) in [6.07, 6.45) is 33.7. The summed E-state index contributed by atoms with van der Waals surface area (Å²) in [5.41, 5.74) is 7.57. The SMILES string of the molecule is C/C=C/C1C=CC(C2=CC=C(/C(C)=C(/C)CCC/C=C/CCC(CC)CC(C)C(C)C)CC2)=CC1. The second-order valence-electron chi connectivity index (χ2n) is 11.4. The fourth-order valence-corrected chi connectivity index (χ4v) is 5.26. The molecular formula is C35H54. The van der Waals surface area contributed by atoms with Crippen molar-refractivity contribution < 1.29 is 0 Å². The summed E-state index contributed by atoms with van der Waals surface area (Å²) in [6.45, 7) is 16.3. The van der Waals surface area contributed by atoms with Crippen LogP contribution in [0.5, 0.6) is 0 Å². The van der Waals surface area contributed by atoms with E-state index in [4.69, 9.17) is 0 Å². The molecule has 0 amide bonds. The van der Waals surface area contributed by atoms with Gasteiger partial charge in [-0.3, -0.25) is 0 Å². The molecule has 2 aliphatic rings. The van der Waals surface area contributed by atoms with E-state index in [0.29, 0.717) is 5.92 Å². The molecule has 0 bridgehead atoms. The van der Waals surface area contributed by atoms with Crippen LogP contribution < -0.4 is 0 Å². The summed E-state index contributed by atoms with van der Waals surface area (Å²) >= 11 is 0. The zero-order valence-electron chi connectivity index (χ0n) is 24.1. The van der Waals surface area contributed by atoms with E-state index in [0.717, 1.165) is 24.2 Å². The summed E-state index contributed by atoms with van der Waals surface area (Å²) in [5, 5.41) is 0. The Morgan fingerprint density at radius 3 is 2.43 bits per heavy atom. The Kier molecular flexibility index (Phi) is 13.5. The van der Waals surface area contributed by atoms with Crippen LogP contribution in [0.4, 0.5) is 0 Å². The molecule has 0 aromatic carbocycles. The molecule has 0 spiro atoms. The van der Waals surface area contributed by atoms with Gasteiger partial charge in [-0.15, -0.1) is 0 Å². The van der Waals surface area contributed by atoms with Crippen LogP contribution in [0, 0.1) is 23.7 Å². The van der Waals surface area contributed by atoms with Crippen molar-refractivity contribution >= 4 is 0 Å². The van der Waals surface area contributed by atoms with Crippen LogP contribution >= 0.6 is 0 Å². The van der Waals surface area contributed by atoms with E-state index in [1.54, 1.807) is 5.57 Å². The van der Waals surface area contributed by atoms with Gasteiger partial charge in [-0.2, -0.15) is 0 Å². The van der Waals surface area contributed by atoms with Crippen molar-refractivity contribution in [3.63, 3.8) is 0 Å². The highest BCUT2D eigenvalue weighted by Crippen LogP contribution is 2.32. The van der Waals surface area contributed by atoms with Crippen LogP contribution in [0.3, 0.4) is 0 Å². The first kappa shape index (κ1) is 29.4. The molecule has 2 aliphatic carbocycles. The van der Waals surface area contributed by atoms with E-state index in [2.05, 4.69) is 103 Å².